The van der Waals surface area contributed by atoms with Crippen LogP contribution in [-0.4, -0.2) is 99.3 Å². The molecule has 3 aliphatic heterocycles. The number of carbonyl (C=O) groups is 2. The van der Waals surface area contributed by atoms with E-state index in [1.807, 2.05) is 0 Å². The number of alkyl halides is 3. The van der Waals surface area contributed by atoms with Crippen LogP contribution < -0.4 is 20.3 Å². The van der Waals surface area contributed by atoms with Crippen molar-refractivity contribution < 1.29 is 31.9 Å². The number of rotatable bonds is 6. The molecule has 8 nitrogen and oxygen atoms in total. The summed E-state index contributed by atoms with van der Waals surface area (Å²) in [6.07, 6.45) is -2.46. The molecule has 2 amide bonds. The standard InChI is InChI=1S/C33H41F4N5O3/c34-26-17-24(18-27(20-26)40-11-9-38-10-12-40)32(44)42-15-13-41(14-16-42)31(43)23-3-6-30(45-28-7-8-39-21-28)29(19-23)22-1-4-25(5-2-22)33(35,36)37/h3,6,17-20,22,25,28,38-39H,1-2,4-5,7-16,21H2/t22?,25?,28-/m0/s1. The lowest BCUT2D eigenvalue weighted by atomic mass is 9.78. The first-order valence-electron chi connectivity index (χ1n) is 16.1. The van der Waals surface area contributed by atoms with Crippen molar-refractivity contribution in [3.8, 4) is 5.75 Å². The lowest BCUT2D eigenvalue weighted by Gasteiger charge is -2.35. The van der Waals surface area contributed by atoms with Crippen molar-refractivity contribution in [1.82, 2.24) is 20.4 Å². The summed E-state index contributed by atoms with van der Waals surface area (Å²) in [5.41, 5.74) is 2.24. The number of anilines is 1. The maximum atomic E-state index is 14.5. The minimum absolute atomic E-state index is 0.0199. The van der Waals surface area contributed by atoms with Crippen LogP contribution in [0.4, 0.5) is 23.2 Å². The molecule has 0 bridgehead atoms. The van der Waals surface area contributed by atoms with Gasteiger partial charge in [-0.25, -0.2) is 4.39 Å². The molecule has 0 spiro atoms. The fraction of sp³-hybridized carbons (Fsp3) is 0.576. The van der Waals surface area contributed by atoms with Crippen molar-refractivity contribution in [1.29, 1.82) is 0 Å². The van der Waals surface area contributed by atoms with Crippen LogP contribution in [0.25, 0.3) is 0 Å². The van der Waals surface area contributed by atoms with E-state index in [1.165, 1.54) is 12.1 Å². The van der Waals surface area contributed by atoms with Gasteiger partial charge in [0.05, 0.1) is 5.92 Å². The van der Waals surface area contributed by atoms with Crippen molar-refractivity contribution in [3.63, 3.8) is 0 Å². The topological polar surface area (TPSA) is 77.2 Å². The van der Waals surface area contributed by atoms with Gasteiger partial charge in [-0.1, -0.05) is 0 Å². The van der Waals surface area contributed by atoms with Gasteiger partial charge in [-0.05, 0) is 86.5 Å². The third kappa shape index (κ3) is 7.38. The lowest BCUT2D eigenvalue weighted by molar-refractivity contribution is -0.182. The molecule has 1 atom stereocenters. The average molecular weight is 632 g/mol. The van der Waals surface area contributed by atoms with Crippen molar-refractivity contribution in [2.75, 3.05) is 70.3 Å². The number of carbonyl (C=O) groups excluding carboxylic acids is 2. The smallest absolute Gasteiger partial charge is 0.391 e. The highest BCUT2D eigenvalue weighted by Gasteiger charge is 2.42. The molecular formula is C33H41F4N5O3. The first-order chi connectivity index (χ1) is 21.7. The zero-order chi connectivity index (χ0) is 31.6. The fourth-order valence-corrected chi connectivity index (χ4v) is 7.03. The van der Waals surface area contributed by atoms with E-state index >= 15 is 0 Å². The highest BCUT2D eigenvalue weighted by Crippen LogP contribution is 2.45. The molecule has 3 saturated heterocycles. The van der Waals surface area contributed by atoms with Crippen molar-refractivity contribution >= 4 is 17.5 Å². The van der Waals surface area contributed by atoms with E-state index in [2.05, 4.69) is 15.5 Å². The number of nitrogens with one attached hydrogen (secondary N) is 2. The van der Waals surface area contributed by atoms with Gasteiger partial charge in [0.2, 0.25) is 0 Å². The number of piperazine rings is 2. The largest absolute Gasteiger partial charge is 0.489 e. The number of amides is 2. The molecule has 12 heteroatoms. The Morgan fingerprint density at radius 3 is 2.04 bits per heavy atom. The second-order valence-electron chi connectivity index (χ2n) is 12.6. The second-order valence-corrected chi connectivity index (χ2v) is 12.6. The third-order valence-electron chi connectivity index (χ3n) is 9.66. The Hall–Kier alpha value is -3.38. The summed E-state index contributed by atoms with van der Waals surface area (Å²) >= 11 is 0. The van der Waals surface area contributed by atoms with Crippen LogP contribution in [0.1, 0.15) is 64.3 Å². The Kier molecular flexibility index (Phi) is 9.51. The quantitative estimate of drug-likeness (QED) is 0.461. The average Bonchev–Trinajstić information content (AvgIpc) is 3.57. The number of halogens is 4. The van der Waals surface area contributed by atoms with Gasteiger partial charge >= 0.3 is 6.18 Å². The van der Waals surface area contributed by atoms with Crippen molar-refractivity contribution in [3.05, 3.63) is 58.9 Å². The summed E-state index contributed by atoms with van der Waals surface area (Å²) in [5.74, 6) is -1.68. The van der Waals surface area contributed by atoms with E-state index < -0.39 is 17.9 Å². The van der Waals surface area contributed by atoms with E-state index in [0.29, 0.717) is 68.1 Å². The first-order valence-corrected chi connectivity index (χ1v) is 16.1. The minimum Gasteiger partial charge on any atom is -0.489 e. The zero-order valence-electron chi connectivity index (χ0n) is 25.4. The van der Waals surface area contributed by atoms with Gasteiger partial charge in [0.15, 0.2) is 0 Å². The summed E-state index contributed by atoms with van der Waals surface area (Å²) in [6.45, 7) is 5.88. The van der Waals surface area contributed by atoms with Crippen LogP contribution in [0.3, 0.4) is 0 Å². The van der Waals surface area contributed by atoms with Crippen LogP contribution in [0.5, 0.6) is 5.75 Å². The molecule has 3 heterocycles. The molecule has 0 radical (unpaired) electrons. The summed E-state index contributed by atoms with van der Waals surface area (Å²) in [4.78, 5) is 32.4. The molecule has 2 aromatic carbocycles. The zero-order valence-corrected chi connectivity index (χ0v) is 25.4. The van der Waals surface area contributed by atoms with Gasteiger partial charge in [-0.15, -0.1) is 0 Å². The number of ether oxygens (including phenoxy) is 1. The van der Waals surface area contributed by atoms with Gasteiger partial charge in [-0.3, -0.25) is 9.59 Å². The van der Waals surface area contributed by atoms with E-state index in [-0.39, 0.29) is 36.7 Å². The normalized spacial score (nSPS) is 24.5. The molecule has 4 aliphatic rings. The Balaban J connectivity index is 1.12. The molecule has 1 aliphatic carbocycles. The number of hydrogen-bond donors (Lipinski definition) is 2. The highest BCUT2D eigenvalue weighted by molar-refractivity contribution is 5.96. The maximum absolute atomic E-state index is 14.5. The van der Waals surface area contributed by atoms with E-state index in [1.54, 1.807) is 34.1 Å². The van der Waals surface area contributed by atoms with Crippen molar-refractivity contribution in [2.45, 2.75) is 50.3 Å². The molecule has 0 aromatic heterocycles. The van der Waals surface area contributed by atoms with E-state index in [0.717, 1.165) is 44.7 Å². The number of nitrogens with zero attached hydrogens (tertiary/aromatic N) is 3. The van der Waals surface area contributed by atoms with Crippen LogP contribution in [-0.2, 0) is 0 Å². The fourth-order valence-electron chi connectivity index (χ4n) is 7.03. The summed E-state index contributed by atoms with van der Waals surface area (Å²) in [6, 6.07) is 9.78. The van der Waals surface area contributed by atoms with Crippen molar-refractivity contribution in [2.24, 2.45) is 5.92 Å². The van der Waals surface area contributed by atoms with Gasteiger partial charge in [0, 0.05) is 75.7 Å². The number of benzene rings is 2. The minimum atomic E-state index is -4.19. The monoisotopic (exact) mass is 631 g/mol. The summed E-state index contributed by atoms with van der Waals surface area (Å²) < 4.78 is 60.9. The van der Waals surface area contributed by atoms with Crippen LogP contribution in [0.15, 0.2) is 36.4 Å². The Morgan fingerprint density at radius 2 is 1.42 bits per heavy atom. The Bertz CT molecular complexity index is 1360. The Labute approximate surface area is 261 Å². The predicted octanol–water partition coefficient (Wildman–Crippen LogP) is 4.41. The molecule has 4 fully saturated rings. The molecule has 0 unspecified atom stereocenters. The van der Waals surface area contributed by atoms with E-state index in [4.69, 9.17) is 4.74 Å². The third-order valence-corrected chi connectivity index (χ3v) is 9.66. The van der Waals surface area contributed by atoms with Crippen LogP contribution in [0.2, 0.25) is 0 Å². The molecule has 2 N–H and O–H groups in total. The molecule has 45 heavy (non-hydrogen) atoms. The molecule has 244 valence electrons. The van der Waals surface area contributed by atoms with Gasteiger partial charge in [0.25, 0.3) is 11.8 Å². The number of hydrogen-bond acceptors (Lipinski definition) is 6. The Morgan fingerprint density at radius 1 is 0.756 bits per heavy atom. The summed E-state index contributed by atoms with van der Waals surface area (Å²) in [5, 5.41) is 6.53. The maximum Gasteiger partial charge on any atom is 0.391 e. The van der Waals surface area contributed by atoms with Gasteiger partial charge < -0.3 is 30.1 Å². The summed E-state index contributed by atoms with van der Waals surface area (Å²) in [7, 11) is 0. The molecular weight excluding hydrogens is 590 g/mol. The van der Waals surface area contributed by atoms with Crippen LogP contribution >= 0.6 is 0 Å². The van der Waals surface area contributed by atoms with Gasteiger partial charge in [-0.2, -0.15) is 13.2 Å². The molecule has 6 rings (SSSR count). The SMILES string of the molecule is O=C(c1cc(F)cc(N2CCNCC2)c1)N1CCN(C(=O)c2ccc(O[C@H]3CCNC3)c(C3CCC(C(F)(F)F)CC3)c2)CC1. The highest BCUT2D eigenvalue weighted by atomic mass is 19.4. The predicted molar refractivity (Wildman–Crippen MR) is 162 cm³/mol. The van der Waals surface area contributed by atoms with Crippen LogP contribution in [0, 0.1) is 11.7 Å². The molecule has 2 aromatic rings. The van der Waals surface area contributed by atoms with Gasteiger partial charge in [0.1, 0.15) is 17.7 Å². The first kappa shape index (κ1) is 31.6. The lowest BCUT2D eigenvalue weighted by Crippen LogP contribution is -2.50. The van der Waals surface area contributed by atoms with E-state index in [9.17, 15) is 27.2 Å². The second kappa shape index (κ2) is 13.5. The molecule has 1 saturated carbocycles.